The summed E-state index contributed by atoms with van der Waals surface area (Å²) in [7, 11) is 1.40. The highest BCUT2D eigenvalue weighted by molar-refractivity contribution is 5.84. The number of ether oxygens (including phenoxy) is 1. The van der Waals surface area contributed by atoms with Crippen LogP contribution in [0.4, 0.5) is 0 Å². The van der Waals surface area contributed by atoms with Crippen molar-refractivity contribution >= 4 is 22.8 Å². The van der Waals surface area contributed by atoms with E-state index in [4.69, 9.17) is 4.74 Å². The third kappa shape index (κ3) is 3.48. The molecule has 1 aromatic heterocycles. The fraction of sp³-hybridized carbons (Fsp3) is 0.333. The molecule has 0 radical (unpaired) electrons. The van der Waals surface area contributed by atoms with E-state index in [9.17, 15) is 4.79 Å². The van der Waals surface area contributed by atoms with Crippen LogP contribution in [0.1, 0.15) is 32.0 Å². The van der Waals surface area contributed by atoms with E-state index in [1.54, 1.807) is 0 Å². The first-order valence-electron chi connectivity index (χ1n) is 7.12. The Morgan fingerprint density at radius 2 is 2.05 bits per heavy atom. The number of hydrogen-bond acceptors (Lipinski definition) is 3. The predicted octanol–water partition coefficient (Wildman–Crippen LogP) is 4.01. The van der Waals surface area contributed by atoms with Crippen LogP contribution < -0.4 is 0 Å². The molecule has 0 spiro atoms. The molecule has 0 N–H and O–H groups in total. The van der Waals surface area contributed by atoms with Crippen molar-refractivity contribution in [3.8, 4) is 0 Å². The number of fused-ring (bicyclic) bond motifs is 1. The van der Waals surface area contributed by atoms with E-state index in [0.717, 1.165) is 17.5 Å². The van der Waals surface area contributed by atoms with Gasteiger partial charge in [0.15, 0.2) is 0 Å². The minimum atomic E-state index is -0.656. The van der Waals surface area contributed by atoms with Gasteiger partial charge in [-0.3, -0.25) is 9.78 Å². The van der Waals surface area contributed by atoms with Crippen molar-refractivity contribution in [2.75, 3.05) is 7.11 Å². The Balaban J connectivity index is 2.32. The summed E-state index contributed by atoms with van der Waals surface area (Å²) in [6.07, 6.45) is 6.57. The lowest BCUT2D eigenvalue weighted by molar-refractivity contribution is -0.148. The van der Waals surface area contributed by atoms with E-state index < -0.39 is 5.41 Å². The minimum absolute atomic E-state index is 0.257. The third-order valence-corrected chi connectivity index (χ3v) is 3.60. The Labute approximate surface area is 125 Å². The van der Waals surface area contributed by atoms with Crippen molar-refractivity contribution in [3.05, 3.63) is 47.8 Å². The van der Waals surface area contributed by atoms with Gasteiger partial charge in [-0.1, -0.05) is 31.2 Å². The second-order valence-corrected chi connectivity index (χ2v) is 5.69. The molecule has 0 unspecified atom stereocenters. The average Bonchev–Trinajstić information content (AvgIpc) is 2.51. The molecule has 0 aliphatic rings. The summed E-state index contributed by atoms with van der Waals surface area (Å²) in [5.74, 6) is -0.257. The second kappa shape index (κ2) is 6.08. The highest BCUT2D eigenvalue weighted by Gasteiger charge is 2.25. The van der Waals surface area contributed by atoms with Crippen LogP contribution in [-0.4, -0.2) is 18.1 Å². The van der Waals surface area contributed by atoms with Gasteiger partial charge in [-0.25, -0.2) is 0 Å². The summed E-state index contributed by atoms with van der Waals surface area (Å²) >= 11 is 0. The third-order valence-electron chi connectivity index (χ3n) is 3.60. The van der Waals surface area contributed by atoms with Crippen LogP contribution in [0, 0.1) is 5.41 Å². The zero-order valence-electron chi connectivity index (χ0n) is 13.0. The molecule has 3 heteroatoms. The zero-order valence-corrected chi connectivity index (χ0v) is 13.0. The molecule has 2 rings (SSSR count). The number of aromatic nitrogens is 1. The zero-order chi connectivity index (χ0) is 15.5. The first kappa shape index (κ1) is 15.2. The van der Waals surface area contributed by atoms with E-state index in [-0.39, 0.29) is 5.97 Å². The Morgan fingerprint density at radius 3 is 2.71 bits per heavy atom. The maximum absolute atomic E-state index is 11.7. The van der Waals surface area contributed by atoms with Crippen molar-refractivity contribution in [3.63, 3.8) is 0 Å². The molecule has 0 saturated heterocycles. The molecular weight excluding hydrogens is 262 g/mol. The van der Waals surface area contributed by atoms with Crippen molar-refractivity contribution in [2.24, 2.45) is 5.41 Å². The van der Waals surface area contributed by atoms with E-state index in [0.29, 0.717) is 0 Å². The summed E-state index contributed by atoms with van der Waals surface area (Å²) in [4.78, 5) is 16.1. The molecule has 110 valence electrons. The number of pyridine rings is 1. The highest BCUT2D eigenvalue weighted by atomic mass is 16.5. The number of methoxy groups -OCH3 is 1. The lowest BCUT2D eigenvalue weighted by Crippen LogP contribution is -2.22. The largest absolute Gasteiger partial charge is 0.468 e. The summed E-state index contributed by atoms with van der Waals surface area (Å²) < 4.78 is 4.79. The van der Waals surface area contributed by atoms with Gasteiger partial charge in [-0.05, 0) is 43.4 Å². The molecule has 3 nitrogen and oxygen atoms in total. The number of nitrogens with zero attached hydrogens (tertiary/aromatic N) is 1. The Kier molecular flexibility index (Phi) is 4.41. The summed E-state index contributed by atoms with van der Waals surface area (Å²) in [6.45, 7) is 5.79. The normalized spacial score (nSPS) is 12.0. The molecular formula is C18H21NO2. The maximum atomic E-state index is 11.7. The van der Waals surface area contributed by atoms with Crippen LogP contribution in [-0.2, 0) is 16.0 Å². The molecule has 0 fully saturated rings. The second-order valence-electron chi connectivity index (χ2n) is 5.69. The molecule has 0 bridgehead atoms. The van der Waals surface area contributed by atoms with Gasteiger partial charge in [-0.2, -0.15) is 0 Å². The number of hydrogen-bond donors (Lipinski definition) is 0. The molecule has 1 aromatic carbocycles. The topological polar surface area (TPSA) is 39.2 Å². The number of carbonyl (C=O) groups excluding carboxylic acids is 1. The number of benzene rings is 1. The van der Waals surface area contributed by atoms with E-state index in [1.165, 1.54) is 18.1 Å². The standard InChI is InChI=1S/C18H21NO2/c1-5-13-6-7-14-12-19-16(11-15(14)10-13)8-9-18(2,3)17(20)21-4/h6-12H,5H2,1-4H3/b9-8+. The summed E-state index contributed by atoms with van der Waals surface area (Å²) in [6, 6.07) is 8.44. The molecule has 0 atom stereocenters. The Morgan fingerprint density at radius 1 is 1.29 bits per heavy atom. The first-order chi connectivity index (χ1) is 9.96. The monoisotopic (exact) mass is 283 g/mol. The van der Waals surface area contributed by atoms with Gasteiger partial charge in [0, 0.05) is 11.6 Å². The van der Waals surface area contributed by atoms with Gasteiger partial charge in [0.1, 0.15) is 0 Å². The summed E-state index contributed by atoms with van der Waals surface area (Å²) in [5.41, 5.74) is 1.49. The number of carbonyl (C=O) groups is 1. The van der Waals surface area contributed by atoms with Gasteiger partial charge in [0.25, 0.3) is 0 Å². The fourth-order valence-electron chi connectivity index (χ4n) is 2.14. The van der Waals surface area contributed by atoms with Crippen LogP contribution in [0.3, 0.4) is 0 Å². The average molecular weight is 283 g/mol. The minimum Gasteiger partial charge on any atom is -0.468 e. The fourth-order valence-corrected chi connectivity index (χ4v) is 2.14. The quantitative estimate of drug-likeness (QED) is 0.796. The van der Waals surface area contributed by atoms with E-state index >= 15 is 0 Å². The highest BCUT2D eigenvalue weighted by Crippen LogP contribution is 2.22. The number of rotatable bonds is 4. The van der Waals surface area contributed by atoms with Crippen molar-refractivity contribution in [1.29, 1.82) is 0 Å². The van der Waals surface area contributed by atoms with Gasteiger partial charge in [0.2, 0.25) is 0 Å². The van der Waals surface area contributed by atoms with Gasteiger partial charge < -0.3 is 4.74 Å². The van der Waals surface area contributed by atoms with Gasteiger partial charge in [-0.15, -0.1) is 0 Å². The Bertz CT molecular complexity index is 687. The lowest BCUT2D eigenvalue weighted by atomic mass is 9.93. The van der Waals surface area contributed by atoms with E-state index in [1.807, 2.05) is 38.3 Å². The molecule has 0 saturated carbocycles. The Hall–Kier alpha value is -2.16. The molecule has 21 heavy (non-hydrogen) atoms. The van der Waals surface area contributed by atoms with Crippen molar-refractivity contribution in [2.45, 2.75) is 27.2 Å². The summed E-state index contributed by atoms with van der Waals surface area (Å²) in [5, 5.41) is 2.29. The maximum Gasteiger partial charge on any atom is 0.315 e. The van der Waals surface area contributed by atoms with Crippen LogP contribution >= 0.6 is 0 Å². The molecule has 0 aliphatic heterocycles. The predicted molar refractivity (Wildman–Crippen MR) is 86.0 cm³/mol. The van der Waals surface area contributed by atoms with E-state index in [2.05, 4.69) is 30.1 Å². The number of aryl methyl sites for hydroxylation is 1. The van der Waals surface area contributed by atoms with Crippen LogP contribution in [0.15, 0.2) is 36.5 Å². The van der Waals surface area contributed by atoms with Crippen molar-refractivity contribution in [1.82, 2.24) is 4.98 Å². The van der Waals surface area contributed by atoms with Gasteiger partial charge in [0.05, 0.1) is 18.2 Å². The van der Waals surface area contributed by atoms with Crippen LogP contribution in [0.5, 0.6) is 0 Å². The first-order valence-corrected chi connectivity index (χ1v) is 7.12. The number of esters is 1. The van der Waals surface area contributed by atoms with Crippen LogP contribution in [0.25, 0.3) is 16.8 Å². The smallest absolute Gasteiger partial charge is 0.315 e. The van der Waals surface area contributed by atoms with Crippen LogP contribution in [0.2, 0.25) is 0 Å². The van der Waals surface area contributed by atoms with Crippen molar-refractivity contribution < 1.29 is 9.53 Å². The molecule has 2 aromatic rings. The van der Waals surface area contributed by atoms with Gasteiger partial charge >= 0.3 is 5.97 Å². The molecule has 0 amide bonds. The molecule has 1 heterocycles. The molecule has 0 aliphatic carbocycles. The lowest BCUT2D eigenvalue weighted by Gasteiger charge is -2.16. The SMILES string of the molecule is CCc1ccc2cnc(/C=C/C(C)(C)C(=O)OC)cc2c1.